The van der Waals surface area contributed by atoms with Gasteiger partial charge in [0.1, 0.15) is 11.5 Å². The summed E-state index contributed by atoms with van der Waals surface area (Å²) in [7, 11) is 3.07. The third-order valence-corrected chi connectivity index (χ3v) is 4.63. The number of fused-ring (bicyclic) bond motifs is 1. The Labute approximate surface area is 156 Å². The van der Waals surface area contributed by atoms with E-state index in [-0.39, 0.29) is 18.0 Å². The SMILES string of the molecule is COc1cc2c(cc1OC)C(CC(=O)O)N(C(=O)c1ccnc(C)n1)CC2. The van der Waals surface area contributed by atoms with E-state index >= 15 is 0 Å². The monoisotopic (exact) mass is 371 g/mol. The Bertz CT molecular complexity index is 884. The van der Waals surface area contributed by atoms with Crippen molar-refractivity contribution in [1.29, 1.82) is 0 Å². The van der Waals surface area contributed by atoms with Crippen LogP contribution >= 0.6 is 0 Å². The summed E-state index contributed by atoms with van der Waals surface area (Å²) in [5, 5.41) is 9.41. The summed E-state index contributed by atoms with van der Waals surface area (Å²) in [5.41, 5.74) is 1.95. The van der Waals surface area contributed by atoms with E-state index < -0.39 is 12.0 Å². The molecule has 1 amide bonds. The van der Waals surface area contributed by atoms with Crippen LogP contribution in [0.3, 0.4) is 0 Å². The van der Waals surface area contributed by atoms with Crippen LogP contribution in [0.25, 0.3) is 0 Å². The van der Waals surface area contributed by atoms with E-state index in [0.29, 0.717) is 30.3 Å². The molecule has 0 radical (unpaired) electrons. The molecule has 1 aromatic carbocycles. The molecular weight excluding hydrogens is 350 g/mol. The number of methoxy groups -OCH3 is 2. The maximum atomic E-state index is 13.0. The first-order valence-electron chi connectivity index (χ1n) is 8.51. The third-order valence-electron chi connectivity index (χ3n) is 4.63. The Balaban J connectivity index is 2.04. The van der Waals surface area contributed by atoms with Crippen LogP contribution in [-0.4, -0.2) is 52.6 Å². The van der Waals surface area contributed by atoms with Gasteiger partial charge in [-0.1, -0.05) is 0 Å². The number of carbonyl (C=O) groups excluding carboxylic acids is 1. The van der Waals surface area contributed by atoms with E-state index in [1.54, 1.807) is 25.0 Å². The number of aryl methyl sites for hydroxylation is 1. The molecule has 1 aromatic heterocycles. The predicted molar refractivity (Wildman–Crippen MR) is 96.0 cm³/mol. The van der Waals surface area contributed by atoms with Crippen molar-refractivity contribution in [3.63, 3.8) is 0 Å². The van der Waals surface area contributed by atoms with E-state index in [1.807, 2.05) is 6.07 Å². The summed E-state index contributed by atoms with van der Waals surface area (Å²) in [6.45, 7) is 2.09. The summed E-state index contributed by atoms with van der Waals surface area (Å²) in [4.78, 5) is 34.3. The minimum Gasteiger partial charge on any atom is -0.493 e. The molecule has 0 spiro atoms. The van der Waals surface area contributed by atoms with Crippen LogP contribution in [0.15, 0.2) is 24.4 Å². The summed E-state index contributed by atoms with van der Waals surface area (Å²) >= 11 is 0. The predicted octanol–water partition coefficient (Wildman–Crippen LogP) is 2.02. The van der Waals surface area contributed by atoms with Gasteiger partial charge in [-0.15, -0.1) is 0 Å². The normalized spacial score (nSPS) is 15.8. The number of hydrogen-bond donors (Lipinski definition) is 1. The summed E-state index contributed by atoms with van der Waals surface area (Å²) in [6.07, 6.45) is 1.90. The van der Waals surface area contributed by atoms with E-state index in [2.05, 4.69) is 9.97 Å². The average Bonchev–Trinajstić information content (AvgIpc) is 2.66. The maximum absolute atomic E-state index is 13.0. The highest BCUT2D eigenvalue weighted by Crippen LogP contribution is 2.39. The van der Waals surface area contributed by atoms with Gasteiger partial charge < -0.3 is 19.5 Å². The largest absolute Gasteiger partial charge is 0.493 e. The number of nitrogens with zero attached hydrogens (tertiary/aromatic N) is 3. The Morgan fingerprint density at radius 2 is 1.96 bits per heavy atom. The van der Waals surface area contributed by atoms with Gasteiger partial charge in [0.2, 0.25) is 0 Å². The first-order chi connectivity index (χ1) is 12.9. The Hall–Kier alpha value is -3.16. The Morgan fingerprint density at radius 1 is 1.26 bits per heavy atom. The van der Waals surface area contributed by atoms with Crippen molar-refractivity contribution in [2.75, 3.05) is 20.8 Å². The van der Waals surface area contributed by atoms with Gasteiger partial charge >= 0.3 is 5.97 Å². The molecule has 8 heteroatoms. The van der Waals surface area contributed by atoms with Gasteiger partial charge in [0.05, 0.1) is 26.7 Å². The molecule has 2 aromatic rings. The minimum absolute atomic E-state index is 0.210. The molecule has 142 valence electrons. The van der Waals surface area contributed by atoms with Crippen LogP contribution < -0.4 is 9.47 Å². The lowest BCUT2D eigenvalue weighted by atomic mass is 9.89. The fraction of sp³-hybridized carbons (Fsp3) is 0.368. The molecule has 3 rings (SSSR count). The van der Waals surface area contributed by atoms with Crippen molar-refractivity contribution in [1.82, 2.24) is 14.9 Å². The number of carbonyl (C=O) groups is 2. The molecule has 0 saturated heterocycles. The van der Waals surface area contributed by atoms with Crippen LogP contribution in [0.1, 0.15) is 39.9 Å². The molecule has 0 fully saturated rings. The molecule has 1 unspecified atom stereocenters. The fourth-order valence-corrected chi connectivity index (χ4v) is 3.38. The van der Waals surface area contributed by atoms with E-state index in [4.69, 9.17) is 9.47 Å². The number of rotatable bonds is 5. The van der Waals surface area contributed by atoms with Gasteiger partial charge in [0, 0.05) is 12.7 Å². The Morgan fingerprint density at radius 3 is 2.59 bits per heavy atom. The number of ether oxygens (including phenoxy) is 2. The molecule has 1 N–H and O–H groups in total. The molecule has 1 atom stereocenters. The number of aromatic nitrogens is 2. The second-order valence-corrected chi connectivity index (χ2v) is 6.26. The molecule has 1 aliphatic heterocycles. The second kappa shape index (κ2) is 7.61. The minimum atomic E-state index is -0.987. The highest BCUT2D eigenvalue weighted by Gasteiger charge is 2.34. The van der Waals surface area contributed by atoms with Crippen LogP contribution in [-0.2, 0) is 11.2 Å². The number of aliphatic carboxylic acids is 1. The first-order valence-corrected chi connectivity index (χ1v) is 8.51. The lowest BCUT2D eigenvalue weighted by Crippen LogP contribution is -2.41. The van der Waals surface area contributed by atoms with Crippen molar-refractivity contribution in [2.24, 2.45) is 0 Å². The van der Waals surface area contributed by atoms with Crippen molar-refractivity contribution < 1.29 is 24.2 Å². The van der Waals surface area contributed by atoms with Crippen LogP contribution in [0.2, 0.25) is 0 Å². The molecule has 0 saturated carbocycles. The standard InChI is InChI=1S/C19H21N3O5/c1-11-20-6-4-14(21-11)19(25)22-7-5-12-8-16(26-2)17(27-3)9-13(12)15(22)10-18(23)24/h4,6,8-9,15H,5,7,10H2,1-3H3,(H,23,24). The fourth-order valence-electron chi connectivity index (χ4n) is 3.38. The van der Waals surface area contributed by atoms with Gasteiger partial charge in [-0.25, -0.2) is 9.97 Å². The van der Waals surface area contributed by atoms with Crippen molar-refractivity contribution in [3.05, 3.63) is 47.0 Å². The third kappa shape index (κ3) is 3.69. The molecule has 8 nitrogen and oxygen atoms in total. The molecule has 27 heavy (non-hydrogen) atoms. The van der Waals surface area contributed by atoms with Gasteiger partial charge in [0.25, 0.3) is 5.91 Å². The highest BCUT2D eigenvalue weighted by atomic mass is 16.5. The van der Waals surface area contributed by atoms with Gasteiger partial charge in [-0.05, 0) is 42.7 Å². The van der Waals surface area contributed by atoms with Crippen molar-refractivity contribution >= 4 is 11.9 Å². The molecular formula is C19H21N3O5. The molecule has 0 aliphatic carbocycles. The zero-order chi connectivity index (χ0) is 19.6. The smallest absolute Gasteiger partial charge is 0.305 e. The lowest BCUT2D eigenvalue weighted by Gasteiger charge is -2.37. The quantitative estimate of drug-likeness (QED) is 0.858. The number of carboxylic acids is 1. The second-order valence-electron chi connectivity index (χ2n) is 6.26. The van der Waals surface area contributed by atoms with Crippen LogP contribution in [0.4, 0.5) is 0 Å². The topological polar surface area (TPSA) is 102 Å². The van der Waals surface area contributed by atoms with E-state index in [1.165, 1.54) is 19.4 Å². The van der Waals surface area contributed by atoms with Crippen molar-refractivity contribution in [3.8, 4) is 11.5 Å². The highest BCUT2D eigenvalue weighted by molar-refractivity contribution is 5.93. The summed E-state index contributed by atoms with van der Waals surface area (Å²) in [5.74, 6) is 0.265. The summed E-state index contributed by atoms with van der Waals surface area (Å²) in [6, 6.07) is 4.53. The summed E-state index contributed by atoms with van der Waals surface area (Å²) < 4.78 is 10.7. The van der Waals surface area contributed by atoms with Crippen LogP contribution in [0.5, 0.6) is 11.5 Å². The Kier molecular flexibility index (Phi) is 5.25. The molecule has 2 heterocycles. The number of carboxylic acid groups (broad SMARTS) is 1. The van der Waals surface area contributed by atoms with E-state index in [9.17, 15) is 14.7 Å². The lowest BCUT2D eigenvalue weighted by molar-refractivity contribution is -0.138. The van der Waals surface area contributed by atoms with E-state index in [0.717, 1.165) is 11.1 Å². The van der Waals surface area contributed by atoms with Gasteiger partial charge in [0.15, 0.2) is 11.5 Å². The van der Waals surface area contributed by atoms with Gasteiger partial charge in [-0.2, -0.15) is 0 Å². The molecule has 0 bridgehead atoms. The van der Waals surface area contributed by atoms with Crippen molar-refractivity contribution in [2.45, 2.75) is 25.8 Å². The van der Waals surface area contributed by atoms with Crippen LogP contribution in [0, 0.1) is 6.92 Å². The number of benzene rings is 1. The number of amides is 1. The maximum Gasteiger partial charge on any atom is 0.305 e. The average molecular weight is 371 g/mol. The zero-order valence-electron chi connectivity index (χ0n) is 15.4. The number of hydrogen-bond acceptors (Lipinski definition) is 6. The van der Waals surface area contributed by atoms with Gasteiger partial charge in [-0.3, -0.25) is 9.59 Å². The zero-order valence-corrected chi connectivity index (χ0v) is 15.4. The molecule has 1 aliphatic rings. The first kappa shape index (κ1) is 18.6.